The number of rotatable bonds is 3. The highest BCUT2D eigenvalue weighted by atomic mass is 35.5. The molecule has 0 saturated carbocycles. The summed E-state index contributed by atoms with van der Waals surface area (Å²) < 4.78 is 13.5. The Kier molecular flexibility index (Phi) is 3.71. The van der Waals surface area contributed by atoms with Crippen molar-refractivity contribution in [2.24, 2.45) is 0 Å². The van der Waals surface area contributed by atoms with E-state index in [1.807, 2.05) is 18.2 Å². The van der Waals surface area contributed by atoms with E-state index < -0.39 is 11.9 Å². The molecule has 2 nitrogen and oxygen atoms in total. The van der Waals surface area contributed by atoms with Gasteiger partial charge < -0.3 is 5.11 Å². The number of aromatic nitrogens is 1. The molecule has 0 fully saturated rings. The smallest absolute Gasteiger partial charge is 0.146 e. The van der Waals surface area contributed by atoms with E-state index in [0.717, 1.165) is 5.56 Å². The highest BCUT2D eigenvalue weighted by Gasteiger charge is 2.12. The first-order chi connectivity index (χ1) is 8.16. The Balaban J connectivity index is 2.16. The summed E-state index contributed by atoms with van der Waals surface area (Å²) >= 11 is 5.61. The van der Waals surface area contributed by atoms with Crippen molar-refractivity contribution in [3.05, 3.63) is 64.7 Å². The highest BCUT2D eigenvalue weighted by molar-refractivity contribution is 6.30. The maximum Gasteiger partial charge on any atom is 0.146 e. The summed E-state index contributed by atoms with van der Waals surface area (Å²) in [5.74, 6) is -0.493. The summed E-state index contributed by atoms with van der Waals surface area (Å²) in [6.07, 6.45) is 0.740. The van der Waals surface area contributed by atoms with Crippen LogP contribution in [0.1, 0.15) is 17.4 Å². The molecule has 0 spiro atoms. The van der Waals surface area contributed by atoms with Crippen LogP contribution in [0.2, 0.25) is 5.02 Å². The van der Waals surface area contributed by atoms with Gasteiger partial charge >= 0.3 is 0 Å². The number of hydrogen-bond donors (Lipinski definition) is 1. The number of nitrogens with zero attached hydrogens (tertiary/aromatic N) is 1. The first kappa shape index (κ1) is 12.0. The number of benzene rings is 1. The van der Waals surface area contributed by atoms with Gasteiger partial charge in [-0.25, -0.2) is 4.39 Å². The first-order valence-corrected chi connectivity index (χ1v) is 5.57. The molecule has 0 aliphatic heterocycles. The predicted molar refractivity (Wildman–Crippen MR) is 64.3 cm³/mol. The molecule has 0 aliphatic carbocycles. The van der Waals surface area contributed by atoms with Crippen LogP contribution in [-0.2, 0) is 6.42 Å². The van der Waals surface area contributed by atoms with E-state index in [2.05, 4.69) is 4.98 Å². The average molecular weight is 252 g/mol. The van der Waals surface area contributed by atoms with E-state index in [0.29, 0.717) is 0 Å². The third-order valence-electron chi connectivity index (χ3n) is 2.46. The third kappa shape index (κ3) is 3.02. The quantitative estimate of drug-likeness (QED) is 0.909. The van der Waals surface area contributed by atoms with Gasteiger partial charge in [0, 0.05) is 12.6 Å². The molecule has 1 N–H and O–H groups in total. The summed E-state index contributed by atoms with van der Waals surface area (Å²) in [5, 5.41) is 10.2. The van der Waals surface area contributed by atoms with Crippen LogP contribution in [0.25, 0.3) is 0 Å². The molecule has 1 aromatic carbocycles. The van der Waals surface area contributed by atoms with Crippen molar-refractivity contribution in [1.82, 2.24) is 4.98 Å². The second kappa shape index (κ2) is 5.25. The lowest BCUT2D eigenvalue weighted by Crippen LogP contribution is -2.05. The van der Waals surface area contributed by atoms with Crippen LogP contribution in [0.4, 0.5) is 4.39 Å². The van der Waals surface area contributed by atoms with Crippen LogP contribution in [0.3, 0.4) is 0 Å². The molecule has 17 heavy (non-hydrogen) atoms. The summed E-state index contributed by atoms with van der Waals surface area (Å²) in [5.41, 5.74) is 0.953. The maximum absolute atomic E-state index is 13.5. The topological polar surface area (TPSA) is 33.1 Å². The molecule has 1 heterocycles. The van der Waals surface area contributed by atoms with Gasteiger partial charge in [0.25, 0.3) is 0 Å². The molecular weight excluding hydrogens is 241 g/mol. The number of pyridine rings is 1. The Morgan fingerprint density at radius 2 is 2.00 bits per heavy atom. The van der Waals surface area contributed by atoms with Crippen LogP contribution in [0, 0.1) is 5.82 Å². The molecule has 0 radical (unpaired) electrons. The lowest BCUT2D eigenvalue weighted by molar-refractivity contribution is 0.175. The largest absolute Gasteiger partial charge is 0.388 e. The summed E-state index contributed by atoms with van der Waals surface area (Å²) in [4.78, 5) is 3.88. The van der Waals surface area contributed by atoms with E-state index in [4.69, 9.17) is 11.6 Å². The van der Waals surface area contributed by atoms with Gasteiger partial charge in [-0.15, -0.1) is 0 Å². The fraction of sp³-hybridized carbons (Fsp3) is 0.154. The van der Waals surface area contributed by atoms with Gasteiger partial charge in [-0.05, 0) is 11.6 Å². The zero-order valence-corrected chi connectivity index (χ0v) is 9.73. The molecule has 1 atom stereocenters. The van der Waals surface area contributed by atoms with Crippen molar-refractivity contribution in [3.8, 4) is 0 Å². The van der Waals surface area contributed by atoms with E-state index in [-0.39, 0.29) is 17.1 Å². The van der Waals surface area contributed by atoms with Crippen LogP contribution in [0.15, 0.2) is 42.6 Å². The van der Waals surface area contributed by atoms with Gasteiger partial charge in [0.05, 0.1) is 16.8 Å². The van der Waals surface area contributed by atoms with Crippen molar-refractivity contribution >= 4 is 11.6 Å². The second-order valence-electron chi connectivity index (χ2n) is 3.71. The molecule has 1 unspecified atom stereocenters. The Morgan fingerprint density at radius 3 is 2.65 bits per heavy atom. The minimum atomic E-state index is -0.764. The molecule has 2 rings (SSSR count). The average Bonchev–Trinajstić information content (AvgIpc) is 2.34. The number of halogens is 2. The van der Waals surface area contributed by atoms with Gasteiger partial charge in [-0.1, -0.05) is 41.9 Å². The maximum atomic E-state index is 13.5. The van der Waals surface area contributed by atoms with E-state index >= 15 is 0 Å². The van der Waals surface area contributed by atoms with Gasteiger partial charge in [0.2, 0.25) is 0 Å². The zero-order chi connectivity index (χ0) is 12.3. The Morgan fingerprint density at radius 1 is 1.29 bits per heavy atom. The van der Waals surface area contributed by atoms with Gasteiger partial charge in [-0.2, -0.15) is 0 Å². The van der Waals surface area contributed by atoms with E-state index in [1.54, 1.807) is 12.1 Å². The Labute approximate surface area is 104 Å². The number of aliphatic hydroxyl groups is 1. The Hall–Kier alpha value is -1.45. The van der Waals surface area contributed by atoms with E-state index in [1.165, 1.54) is 12.3 Å². The molecule has 0 amide bonds. The lowest BCUT2D eigenvalue weighted by atomic mass is 10.0. The summed E-state index contributed by atoms with van der Waals surface area (Å²) in [6.45, 7) is 0. The molecule has 88 valence electrons. The van der Waals surface area contributed by atoms with E-state index in [9.17, 15) is 9.50 Å². The zero-order valence-electron chi connectivity index (χ0n) is 8.98. The molecule has 1 aromatic heterocycles. The van der Waals surface area contributed by atoms with Gasteiger partial charge in [0.1, 0.15) is 5.82 Å². The van der Waals surface area contributed by atoms with Crippen LogP contribution >= 0.6 is 11.6 Å². The predicted octanol–water partition coefficient (Wildman–Crippen LogP) is 3.15. The Bertz CT molecular complexity index is 504. The normalized spacial score (nSPS) is 12.4. The molecule has 4 heteroatoms. The molecule has 0 bridgehead atoms. The van der Waals surface area contributed by atoms with Crippen molar-refractivity contribution in [2.75, 3.05) is 0 Å². The van der Waals surface area contributed by atoms with Crippen LogP contribution < -0.4 is 0 Å². The number of hydrogen-bond acceptors (Lipinski definition) is 2. The monoisotopic (exact) mass is 251 g/mol. The van der Waals surface area contributed by atoms with Crippen LogP contribution in [0.5, 0.6) is 0 Å². The van der Waals surface area contributed by atoms with Crippen molar-refractivity contribution in [3.63, 3.8) is 0 Å². The van der Waals surface area contributed by atoms with Gasteiger partial charge in [0.15, 0.2) is 0 Å². The van der Waals surface area contributed by atoms with Crippen molar-refractivity contribution in [2.45, 2.75) is 12.5 Å². The molecule has 0 aliphatic rings. The van der Waals surface area contributed by atoms with Gasteiger partial charge in [-0.3, -0.25) is 4.98 Å². The second-order valence-corrected chi connectivity index (χ2v) is 4.15. The fourth-order valence-corrected chi connectivity index (χ4v) is 1.71. The molecule has 2 aromatic rings. The first-order valence-electron chi connectivity index (χ1n) is 5.20. The minimum Gasteiger partial charge on any atom is -0.388 e. The number of aliphatic hydroxyl groups excluding tert-OH is 1. The fourth-order valence-electron chi connectivity index (χ4n) is 1.57. The summed E-state index contributed by atoms with van der Waals surface area (Å²) in [7, 11) is 0. The molecular formula is C13H11ClFNO. The minimum absolute atomic E-state index is 0.132. The lowest BCUT2D eigenvalue weighted by Gasteiger charge is -2.10. The van der Waals surface area contributed by atoms with Crippen molar-refractivity contribution < 1.29 is 9.50 Å². The SMILES string of the molecule is OC(Cc1ncc(Cl)cc1F)c1ccccc1. The molecule has 0 saturated heterocycles. The standard InChI is InChI=1S/C13H11ClFNO/c14-10-6-11(15)12(16-8-10)7-13(17)9-4-2-1-3-5-9/h1-6,8,13,17H,7H2. The van der Waals surface area contributed by atoms with Crippen molar-refractivity contribution in [1.29, 1.82) is 0 Å². The highest BCUT2D eigenvalue weighted by Crippen LogP contribution is 2.19. The summed E-state index contributed by atoms with van der Waals surface area (Å²) in [6, 6.07) is 10.3. The third-order valence-corrected chi connectivity index (χ3v) is 2.66. The van der Waals surface area contributed by atoms with Crippen LogP contribution in [-0.4, -0.2) is 10.1 Å².